The van der Waals surface area contributed by atoms with Gasteiger partial charge in [-0.2, -0.15) is 0 Å². The van der Waals surface area contributed by atoms with E-state index < -0.39 is 24.6 Å². The molecular weight excluding hydrogens is 240 g/mol. The Kier molecular flexibility index (Phi) is 4.03. The average Bonchev–Trinajstić information content (AvgIpc) is 2.64. The highest BCUT2D eigenvalue weighted by Gasteiger charge is 2.42. The second-order valence-electron chi connectivity index (χ2n) is 4.03. The second-order valence-corrected chi connectivity index (χ2v) is 4.03. The van der Waals surface area contributed by atoms with Crippen molar-refractivity contribution in [3.05, 3.63) is 24.3 Å². The Morgan fingerprint density at radius 1 is 1.06 bits per heavy atom. The van der Waals surface area contributed by atoms with Gasteiger partial charge >= 0.3 is 0 Å². The second kappa shape index (κ2) is 5.53. The molecule has 1 fully saturated rings. The number of aliphatic hydroxyl groups excluding tert-OH is 3. The van der Waals surface area contributed by atoms with E-state index in [0.29, 0.717) is 11.5 Å². The van der Waals surface area contributed by atoms with E-state index in [2.05, 4.69) is 0 Å². The number of ether oxygens (including phenoxy) is 3. The van der Waals surface area contributed by atoms with Crippen LogP contribution in [0, 0.1) is 0 Å². The van der Waals surface area contributed by atoms with Crippen LogP contribution in [0.15, 0.2) is 24.3 Å². The average molecular weight is 256 g/mol. The molecule has 1 unspecified atom stereocenters. The van der Waals surface area contributed by atoms with E-state index in [1.807, 2.05) is 0 Å². The number of aliphatic hydroxyl groups is 3. The maximum absolute atomic E-state index is 9.55. The van der Waals surface area contributed by atoms with Crippen LogP contribution in [0.4, 0.5) is 0 Å². The summed E-state index contributed by atoms with van der Waals surface area (Å²) in [6, 6.07) is 6.91. The minimum Gasteiger partial charge on any atom is -0.497 e. The molecular formula is C12H16O6. The van der Waals surface area contributed by atoms with Gasteiger partial charge < -0.3 is 29.5 Å². The number of hydrogen-bond acceptors (Lipinski definition) is 6. The molecule has 1 heterocycles. The monoisotopic (exact) mass is 256 g/mol. The SMILES string of the molecule is COc1ccc(OC[C@H]2OC(O)[C@H](O)[C@@H]2O)cc1. The largest absolute Gasteiger partial charge is 0.497 e. The zero-order valence-corrected chi connectivity index (χ0v) is 9.89. The molecule has 0 aliphatic carbocycles. The van der Waals surface area contributed by atoms with E-state index in [0.717, 1.165) is 0 Å². The van der Waals surface area contributed by atoms with Crippen LogP contribution in [0.3, 0.4) is 0 Å². The van der Waals surface area contributed by atoms with E-state index in [9.17, 15) is 15.3 Å². The third-order valence-corrected chi connectivity index (χ3v) is 2.81. The quantitative estimate of drug-likeness (QED) is 0.674. The van der Waals surface area contributed by atoms with Gasteiger partial charge in [0.2, 0.25) is 0 Å². The number of benzene rings is 1. The molecule has 6 nitrogen and oxygen atoms in total. The predicted octanol–water partition coefficient (Wildman–Crippen LogP) is -0.487. The van der Waals surface area contributed by atoms with Crippen molar-refractivity contribution in [1.82, 2.24) is 0 Å². The molecule has 18 heavy (non-hydrogen) atoms. The highest BCUT2D eigenvalue weighted by molar-refractivity contribution is 5.31. The van der Waals surface area contributed by atoms with Crippen LogP contribution in [0.2, 0.25) is 0 Å². The molecule has 1 saturated heterocycles. The first-order valence-electron chi connectivity index (χ1n) is 5.58. The topological polar surface area (TPSA) is 88.4 Å². The van der Waals surface area contributed by atoms with Crippen LogP contribution in [0.1, 0.15) is 0 Å². The first-order valence-corrected chi connectivity index (χ1v) is 5.58. The smallest absolute Gasteiger partial charge is 0.184 e. The summed E-state index contributed by atoms with van der Waals surface area (Å²) >= 11 is 0. The van der Waals surface area contributed by atoms with Crippen molar-refractivity contribution in [2.24, 2.45) is 0 Å². The molecule has 1 aromatic carbocycles. The summed E-state index contributed by atoms with van der Waals surface area (Å²) in [5, 5.41) is 28.1. The molecule has 0 saturated carbocycles. The van der Waals surface area contributed by atoms with Gasteiger partial charge in [-0.05, 0) is 24.3 Å². The Labute approximate surface area is 104 Å². The highest BCUT2D eigenvalue weighted by atomic mass is 16.7. The van der Waals surface area contributed by atoms with Gasteiger partial charge in [0.05, 0.1) is 7.11 Å². The normalized spacial score (nSPS) is 31.3. The third-order valence-electron chi connectivity index (χ3n) is 2.81. The van der Waals surface area contributed by atoms with Gasteiger partial charge in [-0.1, -0.05) is 0 Å². The Bertz CT molecular complexity index is 379. The fourth-order valence-corrected chi connectivity index (χ4v) is 1.72. The first-order chi connectivity index (χ1) is 8.61. The first kappa shape index (κ1) is 13.1. The summed E-state index contributed by atoms with van der Waals surface area (Å²) in [6.07, 6.45) is -4.57. The van der Waals surface area contributed by atoms with Crippen LogP contribution in [-0.2, 0) is 4.74 Å². The highest BCUT2D eigenvalue weighted by Crippen LogP contribution is 2.22. The lowest BCUT2D eigenvalue weighted by atomic mass is 10.1. The molecule has 1 aromatic rings. The molecule has 1 aliphatic rings. The minimum atomic E-state index is -1.37. The molecule has 0 spiro atoms. The predicted molar refractivity (Wildman–Crippen MR) is 61.4 cm³/mol. The van der Waals surface area contributed by atoms with Gasteiger partial charge in [0, 0.05) is 0 Å². The van der Waals surface area contributed by atoms with Crippen LogP contribution >= 0.6 is 0 Å². The molecule has 4 atom stereocenters. The summed E-state index contributed by atoms with van der Waals surface area (Å²) in [5.74, 6) is 1.30. The van der Waals surface area contributed by atoms with Gasteiger partial charge in [-0.15, -0.1) is 0 Å². The number of hydrogen-bond donors (Lipinski definition) is 3. The van der Waals surface area contributed by atoms with Crippen molar-refractivity contribution < 1.29 is 29.5 Å². The minimum absolute atomic E-state index is 0.0433. The lowest BCUT2D eigenvalue weighted by Crippen LogP contribution is -2.35. The van der Waals surface area contributed by atoms with E-state index in [-0.39, 0.29) is 6.61 Å². The number of rotatable bonds is 4. The summed E-state index contributed by atoms with van der Waals surface area (Å²) in [7, 11) is 1.57. The molecule has 1 aliphatic heterocycles. The lowest BCUT2D eigenvalue weighted by Gasteiger charge is -2.15. The van der Waals surface area contributed by atoms with Crippen LogP contribution in [0.25, 0.3) is 0 Å². The maximum atomic E-state index is 9.55. The van der Waals surface area contributed by atoms with E-state index in [1.165, 1.54) is 0 Å². The van der Waals surface area contributed by atoms with Gasteiger partial charge in [-0.3, -0.25) is 0 Å². The summed E-state index contributed by atoms with van der Waals surface area (Å²) in [5.41, 5.74) is 0. The molecule has 0 bridgehead atoms. The summed E-state index contributed by atoms with van der Waals surface area (Å²) in [6.45, 7) is 0.0433. The van der Waals surface area contributed by atoms with Crippen LogP contribution < -0.4 is 9.47 Å². The fourth-order valence-electron chi connectivity index (χ4n) is 1.72. The van der Waals surface area contributed by atoms with Crippen molar-refractivity contribution in [2.45, 2.75) is 24.6 Å². The van der Waals surface area contributed by atoms with E-state index >= 15 is 0 Å². The van der Waals surface area contributed by atoms with E-state index in [4.69, 9.17) is 14.2 Å². The fraction of sp³-hybridized carbons (Fsp3) is 0.500. The molecule has 100 valence electrons. The van der Waals surface area contributed by atoms with Gasteiger partial charge in [-0.25, -0.2) is 0 Å². The lowest BCUT2D eigenvalue weighted by molar-refractivity contribution is -0.131. The summed E-state index contributed by atoms with van der Waals surface area (Å²) in [4.78, 5) is 0. The Balaban J connectivity index is 1.87. The van der Waals surface area contributed by atoms with Crippen LogP contribution in [0.5, 0.6) is 11.5 Å². The zero-order chi connectivity index (χ0) is 13.1. The molecule has 3 N–H and O–H groups in total. The Hall–Kier alpha value is -1.34. The summed E-state index contributed by atoms with van der Waals surface area (Å²) < 4.78 is 15.4. The molecule has 0 aromatic heterocycles. The zero-order valence-electron chi connectivity index (χ0n) is 9.89. The Morgan fingerprint density at radius 3 is 2.17 bits per heavy atom. The van der Waals surface area contributed by atoms with Crippen molar-refractivity contribution in [3.8, 4) is 11.5 Å². The molecule has 0 radical (unpaired) electrons. The number of methoxy groups -OCH3 is 1. The van der Waals surface area contributed by atoms with Crippen molar-refractivity contribution in [1.29, 1.82) is 0 Å². The molecule has 6 heteroatoms. The van der Waals surface area contributed by atoms with Crippen LogP contribution in [-0.4, -0.2) is 53.6 Å². The van der Waals surface area contributed by atoms with Gasteiger partial charge in [0.1, 0.15) is 36.4 Å². The molecule has 0 amide bonds. The maximum Gasteiger partial charge on any atom is 0.184 e. The standard InChI is InChI=1S/C12H16O6/c1-16-7-2-4-8(5-3-7)17-6-9-10(13)11(14)12(15)18-9/h2-5,9-15H,6H2,1H3/t9-,10-,11-,12?/m1/s1. The van der Waals surface area contributed by atoms with E-state index in [1.54, 1.807) is 31.4 Å². The van der Waals surface area contributed by atoms with Crippen molar-refractivity contribution in [3.63, 3.8) is 0 Å². The van der Waals surface area contributed by atoms with Gasteiger partial charge in [0.15, 0.2) is 6.29 Å². The van der Waals surface area contributed by atoms with Gasteiger partial charge in [0.25, 0.3) is 0 Å². The van der Waals surface area contributed by atoms with Crippen molar-refractivity contribution >= 4 is 0 Å². The van der Waals surface area contributed by atoms with Crippen molar-refractivity contribution in [2.75, 3.05) is 13.7 Å². The Morgan fingerprint density at radius 2 is 1.67 bits per heavy atom. The third kappa shape index (κ3) is 2.73. The molecule has 2 rings (SSSR count).